The smallest absolute Gasteiger partial charge is 0.337 e. The van der Waals surface area contributed by atoms with E-state index < -0.39 is 26.4 Å². The first-order valence-electron chi connectivity index (χ1n) is 8.50. The van der Waals surface area contributed by atoms with Crippen LogP contribution in [0.15, 0.2) is 35.5 Å². The minimum Gasteiger partial charge on any atom is -0.466 e. The van der Waals surface area contributed by atoms with Gasteiger partial charge in [-0.15, -0.1) is 0 Å². The summed E-state index contributed by atoms with van der Waals surface area (Å²) in [5.41, 5.74) is -2.28. The molecule has 0 saturated carbocycles. The molecule has 1 aliphatic carbocycles. The van der Waals surface area contributed by atoms with Crippen LogP contribution in [-0.4, -0.2) is 34.6 Å². The number of nitriles is 2. The maximum Gasteiger partial charge on any atom is 0.337 e. The monoisotopic (exact) mass is 491 g/mol. The molecular formula is C20H18IN3O4. The second-order valence-electron chi connectivity index (χ2n) is 6.25. The molecule has 144 valence electrons. The van der Waals surface area contributed by atoms with Gasteiger partial charge >= 0.3 is 5.97 Å². The number of ether oxygens (including phenoxy) is 1. The van der Waals surface area contributed by atoms with Gasteiger partial charge in [-0.3, -0.25) is 9.59 Å². The number of benzene rings is 1. The Morgan fingerprint density at radius 3 is 2.11 bits per heavy atom. The predicted molar refractivity (Wildman–Crippen MR) is 109 cm³/mol. The summed E-state index contributed by atoms with van der Waals surface area (Å²) in [5.74, 6) is -2.46. The van der Waals surface area contributed by atoms with Gasteiger partial charge < -0.3 is 10.1 Å². The number of allylic oxidation sites excluding steroid dienone is 1. The molecule has 0 spiro atoms. The number of Topliss-reactive ketones (excluding diaryl/α,β-unsaturated/α-hetero) is 2. The Kier molecular flexibility index (Phi) is 6.25. The topological polar surface area (TPSA) is 120 Å². The number of methoxy groups -OCH3 is 1. The fraction of sp³-hybridized carbons (Fsp3) is 0.350. The second-order valence-corrected chi connectivity index (χ2v) is 7.87. The van der Waals surface area contributed by atoms with Crippen LogP contribution in [0, 0.1) is 28.1 Å². The van der Waals surface area contributed by atoms with Crippen LogP contribution in [0.2, 0.25) is 0 Å². The van der Waals surface area contributed by atoms with Gasteiger partial charge in [-0.2, -0.15) is 10.5 Å². The molecule has 0 radical (unpaired) electrons. The van der Waals surface area contributed by atoms with Crippen molar-refractivity contribution < 1.29 is 19.1 Å². The molecule has 0 aliphatic heterocycles. The lowest BCUT2D eigenvalue weighted by atomic mass is 9.66. The van der Waals surface area contributed by atoms with Crippen LogP contribution in [0.1, 0.15) is 41.0 Å². The predicted octanol–water partition coefficient (Wildman–Crippen LogP) is 2.72. The number of hydrogen-bond acceptors (Lipinski definition) is 7. The number of nitrogens with zero attached hydrogens (tertiary/aromatic N) is 2. The van der Waals surface area contributed by atoms with Gasteiger partial charge in [0.15, 0.2) is 17.0 Å². The highest BCUT2D eigenvalue weighted by molar-refractivity contribution is 14.1. The van der Waals surface area contributed by atoms with Gasteiger partial charge in [0.2, 0.25) is 3.42 Å². The molecule has 1 aliphatic rings. The normalized spacial score (nSPS) is 15.8. The van der Waals surface area contributed by atoms with Crippen molar-refractivity contribution in [1.82, 2.24) is 5.32 Å². The number of nitrogens with one attached hydrogen (secondary N) is 1. The molecule has 1 N–H and O–H groups in total. The van der Waals surface area contributed by atoms with E-state index in [1.54, 1.807) is 24.3 Å². The lowest BCUT2D eigenvalue weighted by molar-refractivity contribution is -0.137. The summed E-state index contributed by atoms with van der Waals surface area (Å²) in [6, 6.07) is 9.65. The quantitative estimate of drug-likeness (QED) is 0.214. The average Bonchev–Trinajstić information content (AvgIpc) is 2.94. The maximum atomic E-state index is 13.5. The van der Waals surface area contributed by atoms with Crippen molar-refractivity contribution in [3.63, 3.8) is 0 Å². The van der Waals surface area contributed by atoms with E-state index in [0.29, 0.717) is 13.0 Å². The summed E-state index contributed by atoms with van der Waals surface area (Å²) in [7, 11) is 1.12. The molecule has 1 aromatic rings. The van der Waals surface area contributed by atoms with E-state index >= 15 is 0 Å². The number of fused-ring (bicyclic) bond motifs is 1. The van der Waals surface area contributed by atoms with Gasteiger partial charge in [0, 0.05) is 23.4 Å². The van der Waals surface area contributed by atoms with Crippen LogP contribution in [0.5, 0.6) is 0 Å². The van der Waals surface area contributed by atoms with Gasteiger partial charge in [0.05, 0.1) is 24.8 Å². The molecule has 0 atom stereocenters. The molecule has 1 aromatic carbocycles. The molecule has 0 unspecified atom stereocenters. The van der Waals surface area contributed by atoms with Crippen molar-refractivity contribution in [2.45, 2.75) is 23.7 Å². The van der Waals surface area contributed by atoms with Crippen molar-refractivity contribution in [2.24, 2.45) is 5.41 Å². The van der Waals surface area contributed by atoms with Gasteiger partial charge in [0.25, 0.3) is 0 Å². The summed E-state index contributed by atoms with van der Waals surface area (Å²) < 4.78 is 2.71. The maximum absolute atomic E-state index is 13.5. The first kappa shape index (κ1) is 21.6. The van der Waals surface area contributed by atoms with Crippen LogP contribution >= 0.6 is 22.6 Å². The number of rotatable bonds is 6. The largest absolute Gasteiger partial charge is 0.466 e. The van der Waals surface area contributed by atoms with E-state index in [-0.39, 0.29) is 22.4 Å². The van der Waals surface area contributed by atoms with Gasteiger partial charge in [-0.1, -0.05) is 31.2 Å². The van der Waals surface area contributed by atoms with E-state index in [1.807, 2.05) is 6.92 Å². The molecule has 8 heteroatoms. The number of esters is 1. The Hall–Kier alpha value is -2.72. The van der Waals surface area contributed by atoms with E-state index in [1.165, 1.54) is 41.6 Å². The van der Waals surface area contributed by atoms with E-state index in [0.717, 1.165) is 7.11 Å². The first-order valence-corrected chi connectivity index (χ1v) is 9.58. The van der Waals surface area contributed by atoms with Gasteiger partial charge in [-0.05, 0) is 35.9 Å². The fourth-order valence-electron chi connectivity index (χ4n) is 3.38. The molecule has 0 saturated heterocycles. The third kappa shape index (κ3) is 2.89. The number of alkyl halides is 1. The number of ketones is 2. The molecule has 28 heavy (non-hydrogen) atoms. The van der Waals surface area contributed by atoms with Crippen molar-refractivity contribution >= 4 is 40.1 Å². The highest BCUT2D eigenvalue weighted by Gasteiger charge is 2.70. The van der Waals surface area contributed by atoms with Crippen molar-refractivity contribution in [2.75, 3.05) is 13.7 Å². The van der Waals surface area contributed by atoms with Gasteiger partial charge in [-0.25, -0.2) is 4.79 Å². The fourth-order valence-corrected chi connectivity index (χ4v) is 4.14. The molecule has 0 heterocycles. The Morgan fingerprint density at radius 2 is 1.71 bits per heavy atom. The highest BCUT2D eigenvalue weighted by atomic mass is 127. The third-order valence-electron chi connectivity index (χ3n) is 4.70. The lowest BCUT2D eigenvalue weighted by Gasteiger charge is -2.34. The minimum absolute atomic E-state index is 0.0729. The molecule has 0 amide bonds. The zero-order valence-electron chi connectivity index (χ0n) is 15.6. The molecule has 0 fully saturated rings. The first-order chi connectivity index (χ1) is 13.3. The van der Waals surface area contributed by atoms with Crippen molar-refractivity contribution in [3.05, 3.63) is 46.7 Å². The summed E-state index contributed by atoms with van der Waals surface area (Å²) in [5, 5.41) is 22.6. The molecule has 2 rings (SSSR count). The number of halogens is 1. The number of hydrogen-bond donors (Lipinski definition) is 1. The Bertz CT molecular complexity index is 919. The average molecular weight is 491 g/mol. The van der Waals surface area contributed by atoms with Crippen LogP contribution in [0.25, 0.3) is 0 Å². The van der Waals surface area contributed by atoms with Crippen LogP contribution < -0.4 is 5.32 Å². The summed E-state index contributed by atoms with van der Waals surface area (Å²) in [6.07, 6.45) is 0.715. The third-order valence-corrected chi connectivity index (χ3v) is 5.99. The van der Waals surface area contributed by atoms with Crippen LogP contribution in [0.3, 0.4) is 0 Å². The minimum atomic E-state index is -2.33. The zero-order valence-corrected chi connectivity index (χ0v) is 17.8. The van der Waals surface area contributed by atoms with Crippen molar-refractivity contribution in [1.29, 1.82) is 10.5 Å². The lowest BCUT2D eigenvalue weighted by Crippen LogP contribution is -2.54. The van der Waals surface area contributed by atoms with Crippen LogP contribution in [-0.2, 0) is 9.53 Å². The molecule has 7 nitrogen and oxygen atoms in total. The summed E-state index contributed by atoms with van der Waals surface area (Å²) in [4.78, 5) is 39.9. The Morgan fingerprint density at radius 1 is 1.21 bits per heavy atom. The molecule has 0 bridgehead atoms. The SMILES string of the molecule is CCCN/C(C)=C(/C(=O)OC)C1(C(I)(C#N)C#N)C(=O)c2ccccc2C1=O. The summed E-state index contributed by atoms with van der Waals surface area (Å²) >= 11 is 1.49. The van der Waals surface area contributed by atoms with Crippen LogP contribution in [0.4, 0.5) is 0 Å². The molecular weight excluding hydrogens is 473 g/mol. The molecule has 0 aromatic heterocycles. The number of carbonyl (C=O) groups excluding carboxylic acids is 3. The zero-order chi connectivity index (χ0) is 21.1. The van der Waals surface area contributed by atoms with E-state index in [4.69, 9.17) is 4.74 Å². The Balaban J connectivity index is 2.99. The van der Waals surface area contributed by atoms with E-state index in [2.05, 4.69) is 5.32 Å². The number of carbonyl (C=O) groups is 3. The van der Waals surface area contributed by atoms with Crippen molar-refractivity contribution in [3.8, 4) is 12.1 Å². The standard InChI is InChI=1S/C20H18IN3O4/c1-4-9-24-12(2)15(18(27)28-3)20(19(21,10-22)11-23)16(25)13-7-5-6-8-14(13)17(20)26/h5-8,24H,4,9H2,1-3H3/b15-12-. The second kappa shape index (κ2) is 8.11. The van der Waals surface area contributed by atoms with Gasteiger partial charge in [0.1, 0.15) is 0 Å². The highest BCUT2D eigenvalue weighted by Crippen LogP contribution is 2.54. The Labute approximate surface area is 176 Å². The van der Waals surface area contributed by atoms with E-state index in [9.17, 15) is 24.9 Å². The summed E-state index contributed by atoms with van der Waals surface area (Å²) in [6.45, 7) is 3.90.